The highest BCUT2D eigenvalue weighted by Gasteiger charge is 2.25. The van der Waals surface area contributed by atoms with Crippen LogP contribution in [0.4, 0.5) is 10.5 Å². The normalized spacial score (nSPS) is 13.0. The topological polar surface area (TPSA) is 70.1 Å². The molecule has 6 nitrogen and oxygen atoms in total. The summed E-state index contributed by atoms with van der Waals surface area (Å²) in [5.74, 6) is -0.751. The number of benzene rings is 1. The second-order valence-corrected chi connectivity index (χ2v) is 7.96. The van der Waals surface area contributed by atoms with Crippen LogP contribution in [0.5, 0.6) is 0 Å². The van der Waals surface area contributed by atoms with Crippen molar-refractivity contribution >= 4 is 17.7 Å². The minimum absolute atomic E-state index is 0.0438. The van der Waals surface area contributed by atoms with Crippen LogP contribution in [-0.2, 0) is 16.0 Å². The molecule has 0 heterocycles. The summed E-state index contributed by atoms with van der Waals surface area (Å²) in [6, 6.07) is 7.16. The Hall–Kier alpha value is -2.08. The lowest BCUT2D eigenvalue weighted by atomic mass is 10.0. The number of carboxylic acid groups (broad SMARTS) is 1. The fraction of sp³-hybridized carbons (Fsp3) is 0.600. The predicted octanol–water partition coefficient (Wildman–Crippen LogP) is 3.64. The van der Waals surface area contributed by atoms with Crippen molar-refractivity contribution in [3.05, 3.63) is 29.8 Å². The molecule has 146 valence electrons. The molecule has 0 fully saturated rings. The Morgan fingerprint density at radius 2 is 1.65 bits per heavy atom. The third kappa shape index (κ3) is 6.67. The van der Waals surface area contributed by atoms with Gasteiger partial charge in [-0.2, -0.15) is 0 Å². The SMILES string of the molecule is CC(C)[C@@H](C(=O)O)N(C)CCc1ccc(N(C)C(=O)OC(C)(C)C)cc1. The van der Waals surface area contributed by atoms with E-state index in [4.69, 9.17) is 4.74 Å². The van der Waals surface area contributed by atoms with Crippen LogP contribution in [0.15, 0.2) is 24.3 Å². The molecule has 1 aromatic carbocycles. The molecule has 0 aromatic heterocycles. The van der Waals surface area contributed by atoms with Gasteiger partial charge in [0.15, 0.2) is 0 Å². The van der Waals surface area contributed by atoms with Crippen molar-refractivity contribution in [3.63, 3.8) is 0 Å². The Kier molecular flexibility index (Phi) is 7.63. The molecule has 0 aliphatic carbocycles. The molecule has 0 aliphatic heterocycles. The van der Waals surface area contributed by atoms with E-state index in [2.05, 4.69) is 0 Å². The predicted molar refractivity (Wildman–Crippen MR) is 104 cm³/mol. The molecule has 0 radical (unpaired) electrons. The average molecular weight is 364 g/mol. The van der Waals surface area contributed by atoms with Crippen LogP contribution < -0.4 is 4.90 Å². The van der Waals surface area contributed by atoms with Gasteiger partial charge in [0.1, 0.15) is 11.6 Å². The second-order valence-electron chi connectivity index (χ2n) is 7.96. The first kappa shape index (κ1) is 22.0. The minimum Gasteiger partial charge on any atom is -0.480 e. The lowest BCUT2D eigenvalue weighted by Gasteiger charge is -2.27. The number of hydrogen-bond acceptors (Lipinski definition) is 4. The first-order valence-electron chi connectivity index (χ1n) is 8.91. The van der Waals surface area contributed by atoms with E-state index in [9.17, 15) is 14.7 Å². The lowest BCUT2D eigenvalue weighted by Crippen LogP contribution is -2.43. The number of anilines is 1. The zero-order valence-electron chi connectivity index (χ0n) is 16.9. The Labute approximate surface area is 156 Å². The van der Waals surface area contributed by atoms with E-state index in [0.29, 0.717) is 6.54 Å². The number of amides is 1. The molecule has 0 aliphatic rings. The number of hydrogen-bond donors (Lipinski definition) is 1. The van der Waals surface area contributed by atoms with E-state index < -0.39 is 23.7 Å². The van der Waals surface area contributed by atoms with Gasteiger partial charge in [0.05, 0.1) is 0 Å². The van der Waals surface area contributed by atoms with Crippen molar-refractivity contribution in [1.29, 1.82) is 0 Å². The van der Waals surface area contributed by atoms with Crippen molar-refractivity contribution in [2.75, 3.05) is 25.5 Å². The Balaban J connectivity index is 2.67. The highest BCUT2D eigenvalue weighted by molar-refractivity contribution is 5.87. The third-order valence-electron chi connectivity index (χ3n) is 4.10. The van der Waals surface area contributed by atoms with Crippen LogP contribution in [0, 0.1) is 5.92 Å². The standard InChI is InChI=1S/C20H32N2O4/c1-14(2)17(18(23)24)21(6)13-12-15-8-10-16(11-9-15)22(7)19(25)26-20(3,4)5/h8-11,14,17H,12-13H2,1-7H3,(H,23,24)/t17-/m0/s1. The summed E-state index contributed by atoms with van der Waals surface area (Å²) in [5, 5.41) is 9.35. The molecule has 0 bridgehead atoms. The van der Waals surface area contributed by atoms with E-state index in [1.54, 1.807) is 7.05 Å². The minimum atomic E-state index is -0.795. The van der Waals surface area contributed by atoms with Crippen LogP contribution in [0.2, 0.25) is 0 Å². The molecular weight excluding hydrogens is 332 g/mol. The molecular formula is C20H32N2O4. The summed E-state index contributed by atoms with van der Waals surface area (Å²) in [6.07, 6.45) is 0.342. The maximum absolute atomic E-state index is 12.1. The molecule has 1 rings (SSSR count). The smallest absolute Gasteiger partial charge is 0.414 e. The number of aliphatic carboxylic acids is 1. The second kappa shape index (κ2) is 9.03. The molecule has 1 aromatic rings. The van der Waals surface area contributed by atoms with Gasteiger partial charge >= 0.3 is 12.1 Å². The van der Waals surface area contributed by atoms with Gasteiger partial charge in [0.25, 0.3) is 0 Å². The summed E-state index contributed by atoms with van der Waals surface area (Å²) in [6.45, 7) is 9.98. The molecule has 1 N–H and O–H groups in total. The largest absolute Gasteiger partial charge is 0.480 e. The zero-order valence-corrected chi connectivity index (χ0v) is 16.9. The van der Waals surface area contributed by atoms with Gasteiger partial charge in [-0.05, 0) is 57.9 Å². The van der Waals surface area contributed by atoms with Crippen LogP contribution in [0.3, 0.4) is 0 Å². The van der Waals surface area contributed by atoms with Crippen molar-refractivity contribution < 1.29 is 19.4 Å². The van der Waals surface area contributed by atoms with Gasteiger partial charge < -0.3 is 9.84 Å². The zero-order chi connectivity index (χ0) is 20.1. The molecule has 0 spiro atoms. The van der Waals surface area contributed by atoms with Crippen molar-refractivity contribution in [2.45, 2.75) is 52.7 Å². The summed E-state index contributed by atoms with van der Waals surface area (Å²) in [4.78, 5) is 26.8. The molecule has 6 heteroatoms. The van der Waals surface area contributed by atoms with E-state index in [1.807, 2.05) is 70.8 Å². The number of carbonyl (C=O) groups is 2. The van der Waals surface area contributed by atoms with Gasteiger partial charge in [0, 0.05) is 19.3 Å². The maximum atomic E-state index is 12.1. The van der Waals surface area contributed by atoms with E-state index in [-0.39, 0.29) is 5.92 Å². The lowest BCUT2D eigenvalue weighted by molar-refractivity contribution is -0.144. The number of carbonyl (C=O) groups excluding carboxylic acids is 1. The highest BCUT2D eigenvalue weighted by Crippen LogP contribution is 2.18. The number of rotatable bonds is 7. The summed E-state index contributed by atoms with van der Waals surface area (Å²) >= 11 is 0. The van der Waals surface area contributed by atoms with E-state index >= 15 is 0 Å². The van der Waals surface area contributed by atoms with Crippen LogP contribution in [-0.4, -0.2) is 54.4 Å². The van der Waals surface area contributed by atoms with E-state index in [0.717, 1.165) is 17.7 Å². The van der Waals surface area contributed by atoms with Crippen LogP contribution in [0.1, 0.15) is 40.2 Å². The molecule has 0 saturated carbocycles. The Morgan fingerprint density at radius 3 is 2.08 bits per heavy atom. The van der Waals surface area contributed by atoms with Crippen molar-refractivity contribution in [1.82, 2.24) is 4.90 Å². The molecule has 0 saturated heterocycles. The number of likely N-dealkylation sites (N-methyl/N-ethyl adjacent to an activating group) is 1. The molecule has 1 atom stereocenters. The fourth-order valence-corrected chi connectivity index (χ4v) is 2.75. The summed E-state index contributed by atoms with van der Waals surface area (Å²) in [5.41, 5.74) is 1.31. The molecule has 0 unspecified atom stereocenters. The molecule has 1 amide bonds. The van der Waals surface area contributed by atoms with Gasteiger partial charge in [-0.15, -0.1) is 0 Å². The fourth-order valence-electron chi connectivity index (χ4n) is 2.75. The quantitative estimate of drug-likeness (QED) is 0.800. The average Bonchev–Trinajstić information content (AvgIpc) is 2.50. The first-order valence-corrected chi connectivity index (χ1v) is 8.91. The highest BCUT2D eigenvalue weighted by atomic mass is 16.6. The number of carboxylic acids is 1. The van der Waals surface area contributed by atoms with Gasteiger partial charge in [0.2, 0.25) is 0 Å². The summed E-state index contributed by atoms with van der Waals surface area (Å²) < 4.78 is 5.36. The van der Waals surface area contributed by atoms with Gasteiger partial charge in [-0.1, -0.05) is 26.0 Å². The Bertz CT molecular complexity index is 605. The number of nitrogens with zero attached hydrogens (tertiary/aromatic N) is 2. The summed E-state index contributed by atoms with van der Waals surface area (Å²) in [7, 11) is 3.51. The van der Waals surface area contributed by atoms with Gasteiger partial charge in [-0.25, -0.2) is 4.79 Å². The van der Waals surface area contributed by atoms with Crippen LogP contribution in [0.25, 0.3) is 0 Å². The molecule has 26 heavy (non-hydrogen) atoms. The van der Waals surface area contributed by atoms with Gasteiger partial charge in [-0.3, -0.25) is 14.6 Å². The third-order valence-corrected chi connectivity index (χ3v) is 4.10. The monoisotopic (exact) mass is 364 g/mol. The Morgan fingerprint density at radius 1 is 1.12 bits per heavy atom. The van der Waals surface area contributed by atoms with E-state index in [1.165, 1.54) is 4.90 Å². The van der Waals surface area contributed by atoms with Crippen molar-refractivity contribution in [3.8, 4) is 0 Å². The maximum Gasteiger partial charge on any atom is 0.414 e. The van der Waals surface area contributed by atoms with Crippen LogP contribution >= 0.6 is 0 Å². The van der Waals surface area contributed by atoms with Crippen molar-refractivity contribution in [2.24, 2.45) is 5.92 Å². The first-order chi connectivity index (χ1) is 11.9. The number of ether oxygens (including phenoxy) is 1.